The lowest BCUT2D eigenvalue weighted by molar-refractivity contribution is -0.165. The predicted octanol–water partition coefficient (Wildman–Crippen LogP) is 7.37. The van der Waals surface area contributed by atoms with Crippen LogP contribution in [0.25, 0.3) is 0 Å². The van der Waals surface area contributed by atoms with E-state index in [1.807, 2.05) is 7.05 Å². The molecule has 0 rings (SSSR count). The van der Waals surface area contributed by atoms with E-state index >= 15 is 0 Å². The number of unbranched alkanes of at least 4 members (excludes halogenated alkanes) is 10. The lowest BCUT2D eigenvalue weighted by Crippen LogP contribution is -2.38. The van der Waals surface area contributed by atoms with Crippen LogP contribution in [0.15, 0.2) is 0 Å². The van der Waals surface area contributed by atoms with Crippen LogP contribution in [0.3, 0.4) is 0 Å². The summed E-state index contributed by atoms with van der Waals surface area (Å²) in [5.41, 5.74) is -0.587. The third-order valence-electron chi connectivity index (χ3n) is 8.25. The number of methoxy groups -OCH3 is 2. The van der Waals surface area contributed by atoms with E-state index < -0.39 is 48.0 Å². The second-order valence-electron chi connectivity index (χ2n) is 14.2. The van der Waals surface area contributed by atoms with Gasteiger partial charge in [-0.1, -0.05) is 78.1 Å². The quantitative estimate of drug-likeness (QED) is 0.0489. The van der Waals surface area contributed by atoms with E-state index in [0.29, 0.717) is 25.8 Å². The molecule has 0 aliphatic carbocycles. The standard InChI is InChI=1S/C22H41NO6.C17H33NO4/c1-8-9-10-11-12-13-14-18(17(2)24)28-20(25)19(27-7)15-16-23(6)21(26)29-22(3,4)5;1-5-6-7-8-9-10-11-15(14(2)19)22-17(20)16(21-4)12-13-18-3/h18-19H,8-16H2,1-7H3;15-16,18H,5-13H2,1-4H3/t18-,19+;15-,16+/m11/s1. The van der Waals surface area contributed by atoms with Crippen LogP contribution in [0, 0.1) is 0 Å². The van der Waals surface area contributed by atoms with Crippen LogP contribution in [-0.4, -0.2) is 106 Å². The molecule has 0 aromatic rings. The van der Waals surface area contributed by atoms with Crippen LogP contribution < -0.4 is 5.32 Å². The Morgan fingerprint density at radius 1 is 0.608 bits per heavy atom. The molecular formula is C39H74N2O10. The fraction of sp³-hybridized carbons (Fsp3) is 0.872. The molecule has 0 bridgehead atoms. The highest BCUT2D eigenvalue weighted by atomic mass is 16.6. The average molecular weight is 731 g/mol. The van der Waals surface area contributed by atoms with Crippen LogP contribution in [0.4, 0.5) is 4.79 Å². The highest BCUT2D eigenvalue weighted by Crippen LogP contribution is 2.15. The van der Waals surface area contributed by atoms with Crippen molar-refractivity contribution in [3.8, 4) is 0 Å². The molecule has 12 nitrogen and oxygen atoms in total. The Balaban J connectivity index is 0. The molecule has 51 heavy (non-hydrogen) atoms. The summed E-state index contributed by atoms with van der Waals surface area (Å²) in [6.07, 6.45) is 12.1. The number of ether oxygens (including phenoxy) is 5. The highest BCUT2D eigenvalue weighted by molar-refractivity contribution is 5.85. The Hall–Kier alpha value is -2.57. The zero-order valence-corrected chi connectivity index (χ0v) is 34.1. The van der Waals surface area contributed by atoms with Gasteiger partial charge in [0, 0.05) is 34.2 Å². The normalized spacial score (nSPS) is 13.5. The van der Waals surface area contributed by atoms with E-state index in [2.05, 4.69) is 19.2 Å². The largest absolute Gasteiger partial charge is 0.452 e. The lowest BCUT2D eigenvalue weighted by Gasteiger charge is -2.26. The molecule has 0 fully saturated rings. The second kappa shape index (κ2) is 31.0. The molecular weight excluding hydrogens is 656 g/mol. The number of nitrogens with one attached hydrogen (secondary N) is 1. The van der Waals surface area contributed by atoms with Crippen molar-refractivity contribution in [1.29, 1.82) is 0 Å². The van der Waals surface area contributed by atoms with Gasteiger partial charge < -0.3 is 33.9 Å². The van der Waals surface area contributed by atoms with E-state index in [-0.39, 0.29) is 24.5 Å². The van der Waals surface area contributed by atoms with E-state index in [1.54, 1.807) is 27.8 Å². The maximum Gasteiger partial charge on any atom is 0.410 e. The Labute approximate surface area is 309 Å². The summed E-state index contributed by atoms with van der Waals surface area (Å²) in [5.74, 6) is -1.27. The smallest absolute Gasteiger partial charge is 0.410 e. The first kappa shape index (κ1) is 50.5. The number of ketones is 2. The minimum atomic E-state index is -0.841. The van der Waals surface area contributed by atoms with Gasteiger partial charge in [-0.2, -0.15) is 0 Å². The first-order valence-electron chi connectivity index (χ1n) is 19.1. The molecule has 4 atom stereocenters. The second-order valence-corrected chi connectivity index (χ2v) is 14.2. The van der Waals surface area contributed by atoms with Gasteiger partial charge in [0.2, 0.25) is 0 Å². The number of carbonyl (C=O) groups is 5. The van der Waals surface area contributed by atoms with Crippen LogP contribution in [0.2, 0.25) is 0 Å². The molecule has 0 heterocycles. The van der Waals surface area contributed by atoms with E-state index in [4.69, 9.17) is 23.7 Å². The molecule has 1 amide bonds. The monoisotopic (exact) mass is 731 g/mol. The van der Waals surface area contributed by atoms with Crippen LogP contribution in [0.1, 0.15) is 151 Å². The summed E-state index contributed by atoms with van der Waals surface area (Å²) in [6.45, 7) is 13.6. The molecule has 0 aromatic heterocycles. The van der Waals surface area contributed by atoms with Crippen molar-refractivity contribution in [2.24, 2.45) is 0 Å². The molecule has 0 aromatic carbocycles. The summed E-state index contributed by atoms with van der Waals surface area (Å²) < 4.78 is 26.4. The maximum atomic E-state index is 12.4. The molecule has 12 heteroatoms. The van der Waals surface area contributed by atoms with Gasteiger partial charge in [-0.25, -0.2) is 14.4 Å². The minimum absolute atomic E-state index is 0.0922. The van der Waals surface area contributed by atoms with Gasteiger partial charge in [0.05, 0.1) is 0 Å². The van der Waals surface area contributed by atoms with Crippen molar-refractivity contribution in [2.75, 3.05) is 41.4 Å². The number of amides is 1. The number of carbonyl (C=O) groups excluding carboxylic acids is 5. The van der Waals surface area contributed by atoms with Gasteiger partial charge in [0.1, 0.15) is 5.60 Å². The molecule has 0 aliphatic rings. The summed E-state index contributed by atoms with van der Waals surface area (Å²) in [5, 5.41) is 2.97. The van der Waals surface area contributed by atoms with Gasteiger partial charge in [-0.15, -0.1) is 0 Å². The maximum absolute atomic E-state index is 12.4. The molecule has 1 N–H and O–H groups in total. The molecule has 0 saturated heterocycles. The molecule has 300 valence electrons. The fourth-order valence-corrected chi connectivity index (χ4v) is 5.02. The number of rotatable bonds is 28. The first-order valence-corrected chi connectivity index (χ1v) is 19.1. The average Bonchev–Trinajstić information content (AvgIpc) is 3.06. The lowest BCUT2D eigenvalue weighted by atomic mass is 10.1. The van der Waals surface area contributed by atoms with Gasteiger partial charge in [-0.3, -0.25) is 9.59 Å². The molecule has 0 aliphatic heterocycles. The Morgan fingerprint density at radius 2 is 1.00 bits per heavy atom. The van der Waals surface area contributed by atoms with Gasteiger partial charge >= 0.3 is 18.0 Å². The number of hydrogen-bond acceptors (Lipinski definition) is 11. The number of esters is 2. The van der Waals surface area contributed by atoms with E-state index in [9.17, 15) is 24.0 Å². The van der Waals surface area contributed by atoms with Crippen molar-refractivity contribution in [3.05, 3.63) is 0 Å². The number of hydrogen-bond donors (Lipinski definition) is 1. The van der Waals surface area contributed by atoms with Gasteiger partial charge in [-0.05, 0) is 80.3 Å². The SMILES string of the molecule is CCCCCCCC[C@@H](OC(=O)[C@H](CCN(C)C(=O)OC(C)(C)C)OC)C(C)=O.CCCCCCCC[C@@H](OC(=O)[C@H](CCNC)OC)C(C)=O. The predicted molar refractivity (Wildman–Crippen MR) is 201 cm³/mol. The third-order valence-corrected chi connectivity index (χ3v) is 8.25. The molecule has 0 unspecified atom stereocenters. The first-order chi connectivity index (χ1) is 24.1. The van der Waals surface area contributed by atoms with Crippen molar-refractivity contribution >= 4 is 29.6 Å². The van der Waals surface area contributed by atoms with Crippen molar-refractivity contribution in [2.45, 2.75) is 181 Å². The number of nitrogens with zero attached hydrogens (tertiary/aromatic N) is 1. The Kier molecular flexibility index (Phi) is 30.7. The zero-order chi connectivity index (χ0) is 39.2. The Morgan fingerprint density at radius 3 is 1.35 bits per heavy atom. The minimum Gasteiger partial charge on any atom is -0.452 e. The van der Waals surface area contributed by atoms with Crippen LogP contribution >= 0.6 is 0 Å². The Bertz CT molecular complexity index is 953. The number of Topliss-reactive ketones (excluding diaryl/α,β-unsaturated/α-hetero) is 2. The summed E-state index contributed by atoms with van der Waals surface area (Å²) in [6, 6.07) is 0. The highest BCUT2D eigenvalue weighted by Gasteiger charge is 2.28. The third kappa shape index (κ3) is 27.7. The van der Waals surface area contributed by atoms with Crippen molar-refractivity contribution < 1.29 is 47.7 Å². The summed E-state index contributed by atoms with van der Waals surface area (Å²) >= 11 is 0. The van der Waals surface area contributed by atoms with Crippen molar-refractivity contribution in [1.82, 2.24) is 10.2 Å². The molecule has 0 radical (unpaired) electrons. The van der Waals surface area contributed by atoms with E-state index in [1.165, 1.54) is 77.9 Å². The van der Waals surface area contributed by atoms with Crippen LogP contribution in [0.5, 0.6) is 0 Å². The van der Waals surface area contributed by atoms with Crippen LogP contribution in [-0.2, 0) is 42.9 Å². The molecule has 0 saturated carbocycles. The van der Waals surface area contributed by atoms with Gasteiger partial charge in [0.25, 0.3) is 0 Å². The molecule has 0 spiro atoms. The fourth-order valence-electron chi connectivity index (χ4n) is 5.02. The van der Waals surface area contributed by atoms with Gasteiger partial charge in [0.15, 0.2) is 36.0 Å². The topological polar surface area (TPSA) is 147 Å². The summed E-state index contributed by atoms with van der Waals surface area (Å²) in [7, 11) is 6.31. The van der Waals surface area contributed by atoms with E-state index in [0.717, 1.165) is 32.1 Å². The zero-order valence-electron chi connectivity index (χ0n) is 34.1. The van der Waals surface area contributed by atoms with Crippen molar-refractivity contribution in [3.63, 3.8) is 0 Å². The summed E-state index contributed by atoms with van der Waals surface area (Å²) in [4.78, 5) is 61.4.